The van der Waals surface area contributed by atoms with Crippen LogP contribution < -0.4 is 5.73 Å². The standard InChI is InChI=1S/C7H12N4S/c1-7(2-3-12-4-7)5-9-6(8)11-10-5/h2-4H2,1H3,(H3,8,9,10,11). The molecule has 1 aliphatic heterocycles. The Morgan fingerprint density at radius 3 is 3.00 bits per heavy atom. The number of aromatic nitrogens is 3. The van der Waals surface area contributed by atoms with E-state index in [0.29, 0.717) is 5.95 Å². The first-order chi connectivity index (χ1) is 5.71. The van der Waals surface area contributed by atoms with Crippen molar-refractivity contribution < 1.29 is 0 Å². The van der Waals surface area contributed by atoms with Gasteiger partial charge >= 0.3 is 0 Å². The van der Waals surface area contributed by atoms with E-state index in [0.717, 1.165) is 18.0 Å². The molecule has 2 heterocycles. The number of nitrogens with two attached hydrogens (primary N) is 1. The van der Waals surface area contributed by atoms with Crippen molar-refractivity contribution in [2.75, 3.05) is 17.2 Å². The van der Waals surface area contributed by atoms with Crippen molar-refractivity contribution in [3.8, 4) is 0 Å². The van der Waals surface area contributed by atoms with Crippen molar-refractivity contribution in [1.82, 2.24) is 15.2 Å². The van der Waals surface area contributed by atoms with Gasteiger partial charge < -0.3 is 5.73 Å². The molecule has 3 N–H and O–H groups in total. The van der Waals surface area contributed by atoms with Gasteiger partial charge in [-0.15, -0.1) is 5.10 Å². The summed E-state index contributed by atoms with van der Waals surface area (Å²) in [5, 5.41) is 6.73. The second-order valence-electron chi connectivity index (χ2n) is 3.41. The number of anilines is 1. The first-order valence-corrected chi connectivity index (χ1v) is 5.12. The number of hydrogen-bond acceptors (Lipinski definition) is 4. The van der Waals surface area contributed by atoms with Gasteiger partial charge in [0.2, 0.25) is 5.95 Å². The first-order valence-electron chi connectivity index (χ1n) is 3.97. The van der Waals surface area contributed by atoms with Crippen LogP contribution in [0, 0.1) is 0 Å². The lowest BCUT2D eigenvalue weighted by molar-refractivity contribution is 0.506. The Bertz CT molecular complexity index is 277. The quantitative estimate of drug-likeness (QED) is 0.677. The van der Waals surface area contributed by atoms with Crippen molar-refractivity contribution in [2.45, 2.75) is 18.8 Å². The van der Waals surface area contributed by atoms with Crippen molar-refractivity contribution in [3.63, 3.8) is 0 Å². The molecule has 1 fully saturated rings. The molecule has 4 nitrogen and oxygen atoms in total. The number of nitrogens with zero attached hydrogens (tertiary/aromatic N) is 2. The van der Waals surface area contributed by atoms with E-state index in [1.165, 1.54) is 5.75 Å². The number of hydrogen-bond donors (Lipinski definition) is 2. The maximum absolute atomic E-state index is 5.44. The molecule has 0 amide bonds. The Morgan fingerprint density at radius 2 is 2.50 bits per heavy atom. The minimum atomic E-state index is 0.162. The zero-order valence-corrected chi connectivity index (χ0v) is 7.82. The number of nitrogens with one attached hydrogen (secondary N) is 1. The monoisotopic (exact) mass is 184 g/mol. The lowest BCUT2D eigenvalue weighted by atomic mass is 9.90. The molecular weight excluding hydrogens is 172 g/mol. The third kappa shape index (κ3) is 1.18. The van der Waals surface area contributed by atoms with Crippen LogP contribution in [0.25, 0.3) is 0 Å². The molecule has 0 bridgehead atoms. The van der Waals surface area contributed by atoms with E-state index in [9.17, 15) is 0 Å². The predicted molar refractivity (Wildman–Crippen MR) is 50.1 cm³/mol. The van der Waals surface area contributed by atoms with E-state index >= 15 is 0 Å². The Kier molecular flexibility index (Phi) is 1.75. The molecule has 1 atom stereocenters. The molecule has 0 aromatic carbocycles. The highest BCUT2D eigenvalue weighted by Gasteiger charge is 2.34. The average molecular weight is 184 g/mol. The predicted octanol–water partition coefficient (Wildman–Crippen LogP) is 0.781. The Balaban J connectivity index is 2.28. The van der Waals surface area contributed by atoms with E-state index in [1.54, 1.807) is 0 Å². The fraction of sp³-hybridized carbons (Fsp3) is 0.714. The summed E-state index contributed by atoms with van der Waals surface area (Å²) in [4.78, 5) is 4.16. The molecule has 2 rings (SSSR count). The molecule has 1 aliphatic rings. The maximum Gasteiger partial charge on any atom is 0.239 e. The fourth-order valence-corrected chi connectivity index (χ4v) is 2.87. The van der Waals surface area contributed by atoms with Crippen LogP contribution in [0.2, 0.25) is 0 Å². The number of aromatic amines is 1. The van der Waals surface area contributed by atoms with Crippen molar-refractivity contribution >= 4 is 17.7 Å². The summed E-state index contributed by atoms with van der Waals surface area (Å²) in [7, 11) is 0. The van der Waals surface area contributed by atoms with Crippen LogP contribution in [0.3, 0.4) is 0 Å². The van der Waals surface area contributed by atoms with Gasteiger partial charge in [0.25, 0.3) is 0 Å². The molecule has 1 aromatic heterocycles. The van der Waals surface area contributed by atoms with Crippen LogP contribution in [-0.4, -0.2) is 26.7 Å². The van der Waals surface area contributed by atoms with Crippen LogP contribution in [0.15, 0.2) is 0 Å². The third-order valence-corrected chi connectivity index (χ3v) is 3.63. The molecule has 1 unspecified atom stereocenters. The van der Waals surface area contributed by atoms with Gasteiger partial charge in [0, 0.05) is 11.2 Å². The summed E-state index contributed by atoms with van der Waals surface area (Å²) in [5.41, 5.74) is 5.61. The van der Waals surface area contributed by atoms with Crippen LogP contribution in [0.5, 0.6) is 0 Å². The summed E-state index contributed by atoms with van der Waals surface area (Å²) in [5.74, 6) is 3.60. The number of H-pyrrole nitrogens is 1. The molecule has 1 aromatic rings. The lowest BCUT2D eigenvalue weighted by Crippen LogP contribution is -2.22. The van der Waals surface area contributed by atoms with Crippen LogP contribution in [0.4, 0.5) is 5.95 Å². The van der Waals surface area contributed by atoms with Gasteiger partial charge in [-0.3, -0.25) is 5.10 Å². The topological polar surface area (TPSA) is 67.6 Å². The van der Waals surface area contributed by atoms with Crippen LogP contribution in [-0.2, 0) is 5.41 Å². The Hall–Kier alpha value is -0.710. The molecule has 0 radical (unpaired) electrons. The van der Waals surface area contributed by atoms with E-state index in [1.807, 2.05) is 11.8 Å². The molecule has 0 spiro atoms. The van der Waals surface area contributed by atoms with Crippen LogP contribution >= 0.6 is 11.8 Å². The largest absolute Gasteiger partial charge is 0.367 e. The highest BCUT2D eigenvalue weighted by Crippen LogP contribution is 2.36. The summed E-state index contributed by atoms with van der Waals surface area (Å²) < 4.78 is 0. The van der Waals surface area contributed by atoms with Crippen molar-refractivity contribution in [2.24, 2.45) is 0 Å². The lowest BCUT2D eigenvalue weighted by Gasteiger charge is -2.17. The van der Waals surface area contributed by atoms with E-state index in [-0.39, 0.29) is 5.41 Å². The molecule has 1 saturated heterocycles. The van der Waals surface area contributed by atoms with Gasteiger partial charge in [-0.05, 0) is 12.2 Å². The number of nitrogen functional groups attached to an aromatic ring is 1. The van der Waals surface area contributed by atoms with E-state index in [2.05, 4.69) is 22.1 Å². The second-order valence-corrected chi connectivity index (χ2v) is 4.51. The van der Waals surface area contributed by atoms with Crippen molar-refractivity contribution in [3.05, 3.63) is 5.82 Å². The molecule has 12 heavy (non-hydrogen) atoms. The summed E-state index contributed by atoms with van der Waals surface area (Å²) in [6.45, 7) is 2.20. The molecule has 0 saturated carbocycles. The zero-order valence-electron chi connectivity index (χ0n) is 7.00. The number of thioether (sulfide) groups is 1. The first kappa shape index (κ1) is 7.91. The van der Waals surface area contributed by atoms with Gasteiger partial charge in [0.05, 0.1) is 0 Å². The Morgan fingerprint density at radius 1 is 1.67 bits per heavy atom. The van der Waals surface area contributed by atoms with Gasteiger partial charge in [-0.25, -0.2) is 0 Å². The molecule has 66 valence electrons. The second kappa shape index (κ2) is 2.65. The smallest absolute Gasteiger partial charge is 0.239 e. The minimum absolute atomic E-state index is 0.162. The highest BCUT2D eigenvalue weighted by atomic mass is 32.2. The SMILES string of the molecule is CC1(c2nc(N)n[nH]2)CCSC1. The average Bonchev–Trinajstić information content (AvgIpc) is 2.59. The van der Waals surface area contributed by atoms with Gasteiger partial charge in [0.15, 0.2) is 0 Å². The van der Waals surface area contributed by atoms with E-state index < -0.39 is 0 Å². The fourth-order valence-electron chi connectivity index (χ4n) is 1.40. The maximum atomic E-state index is 5.44. The van der Waals surface area contributed by atoms with Gasteiger partial charge in [0.1, 0.15) is 5.82 Å². The molecular formula is C7H12N4S. The number of rotatable bonds is 1. The molecule has 5 heteroatoms. The van der Waals surface area contributed by atoms with Gasteiger partial charge in [-0.2, -0.15) is 16.7 Å². The molecule has 0 aliphatic carbocycles. The van der Waals surface area contributed by atoms with Crippen LogP contribution in [0.1, 0.15) is 19.2 Å². The zero-order chi connectivity index (χ0) is 8.60. The normalized spacial score (nSPS) is 29.4. The summed E-state index contributed by atoms with van der Waals surface area (Å²) >= 11 is 1.96. The van der Waals surface area contributed by atoms with E-state index in [4.69, 9.17) is 5.73 Å². The minimum Gasteiger partial charge on any atom is -0.367 e. The third-order valence-electron chi connectivity index (χ3n) is 2.29. The summed E-state index contributed by atoms with van der Waals surface area (Å²) in [6.07, 6.45) is 1.16. The van der Waals surface area contributed by atoms with Gasteiger partial charge in [-0.1, -0.05) is 6.92 Å². The summed E-state index contributed by atoms with van der Waals surface area (Å²) in [6, 6.07) is 0. The highest BCUT2D eigenvalue weighted by molar-refractivity contribution is 7.99. The van der Waals surface area contributed by atoms with Crippen molar-refractivity contribution in [1.29, 1.82) is 0 Å². The Labute approximate surface area is 75.3 Å².